The minimum atomic E-state index is -0.249. The molecule has 2 amide bonds. The molecule has 1 aliphatic rings. The number of ketones is 1. The molecule has 3 N–H and O–H groups in total. The normalized spacial score (nSPS) is 13.3. The van der Waals surface area contributed by atoms with E-state index in [2.05, 4.69) is 36.4 Å². The summed E-state index contributed by atoms with van der Waals surface area (Å²) < 4.78 is 0. The summed E-state index contributed by atoms with van der Waals surface area (Å²) in [6, 6.07) is 16.6. The zero-order chi connectivity index (χ0) is 29.7. The molecular formula is C33H36N4O4. The van der Waals surface area contributed by atoms with E-state index in [4.69, 9.17) is 5.11 Å². The van der Waals surface area contributed by atoms with Crippen molar-refractivity contribution in [2.24, 2.45) is 0 Å². The number of allylic oxidation sites excluding steroid dienone is 4. The van der Waals surface area contributed by atoms with Gasteiger partial charge in [0, 0.05) is 37.5 Å². The van der Waals surface area contributed by atoms with Crippen LogP contribution < -0.4 is 10.6 Å². The number of carbonyl (C=O) groups is 3. The molecule has 1 heterocycles. The number of nitrogens with one attached hydrogen (secondary N) is 2. The quantitative estimate of drug-likeness (QED) is 0.347. The maximum atomic E-state index is 13.0. The van der Waals surface area contributed by atoms with Crippen molar-refractivity contribution in [1.29, 1.82) is 0 Å². The zero-order valence-corrected chi connectivity index (χ0v) is 24.1. The first-order valence-electron chi connectivity index (χ1n) is 13.5. The lowest BCUT2D eigenvalue weighted by Crippen LogP contribution is -2.29. The van der Waals surface area contributed by atoms with Crippen LogP contribution in [0.2, 0.25) is 0 Å². The lowest BCUT2D eigenvalue weighted by Gasteiger charge is -2.19. The third-order valence-electron chi connectivity index (χ3n) is 7.07. The number of pyridine rings is 1. The summed E-state index contributed by atoms with van der Waals surface area (Å²) in [6.07, 6.45) is 5.31. The van der Waals surface area contributed by atoms with Gasteiger partial charge in [0.1, 0.15) is 5.82 Å². The lowest BCUT2D eigenvalue weighted by molar-refractivity contribution is -0.114. The summed E-state index contributed by atoms with van der Waals surface area (Å²) in [4.78, 5) is 43.8. The van der Waals surface area contributed by atoms with Gasteiger partial charge in [0.05, 0.1) is 17.9 Å². The van der Waals surface area contributed by atoms with Gasteiger partial charge in [-0.2, -0.15) is 0 Å². The second-order valence-electron chi connectivity index (χ2n) is 11.1. The number of hydrogen-bond donors (Lipinski definition) is 3. The number of hydrogen-bond acceptors (Lipinski definition) is 6. The maximum absolute atomic E-state index is 13.0. The number of amides is 2. The van der Waals surface area contributed by atoms with Crippen LogP contribution in [0.5, 0.6) is 0 Å². The van der Waals surface area contributed by atoms with Crippen molar-refractivity contribution in [3.05, 3.63) is 106 Å². The molecule has 0 saturated carbocycles. The first-order chi connectivity index (χ1) is 19.5. The van der Waals surface area contributed by atoms with Crippen LogP contribution in [0.3, 0.4) is 0 Å². The van der Waals surface area contributed by atoms with E-state index in [-0.39, 0.29) is 42.6 Å². The SMILES string of the molecule is Cc1c(NC(=O)c2ccc(C(C)(C)C)cc2)cccc1C1=CCC(=O)C(Nc2ccc(C(=O)N(C)CCO)cn2)=C1. The molecule has 0 aliphatic heterocycles. The summed E-state index contributed by atoms with van der Waals surface area (Å²) >= 11 is 0. The predicted molar refractivity (Wildman–Crippen MR) is 162 cm³/mol. The minimum Gasteiger partial charge on any atom is -0.395 e. The number of likely N-dealkylation sites (N-methyl/N-ethyl adjacent to an activating group) is 1. The van der Waals surface area contributed by atoms with E-state index in [1.807, 2.05) is 55.5 Å². The highest BCUT2D eigenvalue weighted by atomic mass is 16.3. The molecule has 0 radical (unpaired) electrons. The molecule has 4 rings (SSSR count). The number of carbonyl (C=O) groups excluding carboxylic acids is 3. The fraction of sp³-hybridized carbons (Fsp3) is 0.273. The largest absolute Gasteiger partial charge is 0.395 e. The second-order valence-corrected chi connectivity index (χ2v) is 11.1. The highest BCUT2D eigenvalue weighted by Crippen LogP contribution is 2.30. The lowest BCUT2D eigenvalue weighted by atomic mass is 9.86. The van der Waals surface area contributed by atoms with Crippen molar-refractivity contribution in [1.82, 2.24) is 9.88 Å². The molecule has 0 saturated heterocycles. The molecule has 8 nitrogen and oxygen atoms in total. The van der Waals surface area contributed by atoms with E-state index in [0.29, 0.717) is 28.3 Å². The van der Waals surface area contributed by atoms with Gasteiger partial charge in [0.25, 0.3) is 11.8 Å². The Hall–Kier alpha value is -4.56. The Bertz CT molecular complexity index is 1510. The van der Waals surface area contributed by atoms with E-state index < -0.39 is 0 Å². The van der Waals surface area contributed by atoms with Crippen molar-refractivity contribution in [3.63, 3.8) is 0 Å². The van der Waals surface area contributed by atoms with Crippen molar-refractivity contribution in [2.75, 3.05) is 30.8 Å². The topological polar surface area (TPSA) is 112 Å². The molecule has 1 aromatic heterocycles. The summed E-state index contributed by atoms with van der Waals surface area (Å²) in [6.45, 7) is 8.45. The maximum Gasteiger partial charge on any atom is 0.255 e. The molecule has 212 valence electrons. The van der Waals surface area contributed by atoms with Crippen LogP contribution in [-0.4, -0.2) is 52.8 Å². The van der Waals surface area contributed by atoms with Crippen molar-refractivity contribution < 1.29 is 19.5 Å². The van der Waals surface area contributed by atoms with E-state index in [1.54, 1.807) is 25.3 Å². The van der Waals surface area contributed by atoms with Crippen LogP contribution in [-0.2, 0) is 10.2 Å². The van der Waals surface area contributed by atoms with Gasteiger partial charge in [-0.25, -0.2) is 4.98 Å². The molecule has 0 unspecified atom stereocenters. The summed E-state index contributed by atoms with van der Waals surface area (Å²) in [5.41, 5.74) is 5.86. The van der Waals surface area contributed by atoms with E-state index in [1.165, 1.54) is 11.1 Å². The second kappa shape index (κ2) is 12.3. The van der Waals surface area contributed by atoms with Gasteiger partial charge in [0.15, 0.2) is 5.78 Å². The van der Waals surface area contributed by atoms with Crippen molar-refractivity contribution in [2.45, 2.75) is 39.5 Å². The molecule has 8 heteroatoms. The molecular weight excluding hydrogens is 516 g/mol. The Balaban J connectivity index is 1.50. The fourth-order valence-corrected chi connectivity index (χ4v) is 4.51. The van der Waals surface area contributed by atoms with Gasteiger partial charge in [-0.15, -0.1) is 0 Å². The molecule has 3 aromatic rings. The Labute approximate surface area is 240 Å². The monoisotopic (exact) mass is 552 g/mol. The third-order valence-corrected chi connectivity index (χ3v) is 7.07. The Morgan fingerprint density at radius 3 is 2.37 bits per heavy atom. The van der Waals surface area contributed by atoms with Crippen LogP contribution >= 0.6 is 0 Å². The number of aliphatic hydroxyl groups is 1. The standard InChI is InChI=1S/C33H36N4O4/c1-21-26(7-6-8-27(21)36-31(40)22-9-13-25(14-10-22)33(2,3)4)23-11-15-29(39)28(19-23)35-30-16-12-24(20-34-30)32(41)37(5)17-18-38/h6-14,16,19-20,38H,15,17-18H2,1-5H3,(H,34,35)(H,36,40). The van der Waals surface area contributed by atoms with Crippen LogP contribution in [0.1, 0.15) is 64.6 Å². The summed E-state index contributed by atoms with van der Waals surface area (Å²) in [5, 5.41) is 15.2. The predicted octanol–water partition coefficient (Wildman–Crippen LogP) is 5.36. The Morgan fingerprint density at radius 2 is 1.73 bits per heavy atom. The first kappa shape index (κ1) is 29.4. The molecule has 0 fully saturated rings. The number of rotatable bonds is 8. The van der Waals surface area contributed by atoms with Crippen molar-refractivity contribution in [3.8, 4) is 0 Å². The number of anilines is 2. The number of Topliss-reactive ketones (excluding diaryl/α,β-unsaturated/α-hetero) is 1. The van der Waals surface area contributed by atoms with E-state index in [0.717, 1.165) is 22.3 Å². The number of benzene rings is 2. The first-order valence-corrected chi connectivity index (χ1v) is 13.5. The number of aliphatic hydroxyl groups excluding tert-OH is 1. The third kappa shape index (κ3) is 6.96. The highest BCUT2D eigenvalue weighted by molar-refractivity contribution is 6.06. The molecule has 1 aliphatic carbocycles. The van der Waals surface area contributed by atoms with Crippen LogP contribution in [0, 0.1) is 6.92 Å². The molecule has 41 heavy (non-hydrogen) atoms. The van der Waals surface area contributed by atoms with Gasteiger partial charge in [0.2, 0.25) is 0 Å². The Kier molecular flexibility index (Phi) is 8.83. The van der Waals surface area contributed by atoms with E-state index >= 15 is 0 Å². The average molecular weight is 553 g/mol. The van der Waals surface area contributed by atoms with Gasteiger partial charge < -0.3 is 20.6 Å². The van der Waals surface area contributed by atoms with Crippen LogP contribution in [0.15, 0.2) is 78.6 Å². The molecule has 0 atom stereocenters. The van der Waals surface area contributed by atoms with Gasteiger partial charge in [-0.3, -0.25) is 14.4 Å². The number of nitrogens with zero attached hydrogens (tertiary/aromatic N) is 2. The summed E-state index contributed by atoms with van der Waals surface area (Å²) in [7, 11) is 1.61. The molecule has 0 spiro atoms. The van der Waals surface area contributed by atoms with E-state index in [9.17, 15) is 14.4 Å². The fourth-order valence-electron chi connectivity index (χ4n) is 4.51. The van der Waals surface area contributed by atoms with Gasteiger partial charge in [-0.05, 0) is 71.0 Å². The number of aromatic nitrogens is 1. The smallest absolute Gasteiger partial charge is 0.255 e. The summed E-state index contributed by atoms with van der Waals surface area (Å²) in [5.74, 6) is -0.0887. The van der Waals surface area contributed by atoms with Gasteiger partial charge in [-0.1, -0.05) is 51.1 Å². The average Bonchev–Trinajstić information content (AvgIpc) is 2.95. The molecule has 0 bridgehead atoms. The van der Waals surface area contributed by atoms with Gasteiger partial charge >= 0.3 is 0 Å². The van der Waals surface area contributed by atoms with Crippen LogP contribution in [0.25, 0.3) is 5.57 Å². The van der Waals surface area contributed by atoms with Crippen LogP contribution in [0.4, 0.5) is 11.5 Å². The zero-order valence-electron chi connectivity index (χ0n) is 24.1. The Morgan fingerprint density at radius 1 is 1.02 bits per heavy atom. The minimum absolute atomic E-state index is 0.00641. The van der Waals surface area contributed by atoms with Crippen molar-refractivity contribution >= 4 is 34.7 Å². The highest BCUT2D eigenvalue weighted by Gasteiger charge is 2.20. The molecule has 2 aromatic carbocycles.